The third-order valence-corrected chi connectivity index (χ3v) is 6.12. The Morgan fingerprint density at radius 2 is 1.20 bits per heavy atom. The molecule has 4 rings (SSSR count). The lowest BCUT2D eigenvalue weighted by atomic mass is 10.1. The van der Waals surface area contributed by atoms with Gasteiger partial charge in [-0.25, -0.2) is 35.1 Å². The van der Waals surface area contributed by atoms with Crippen LogP contribution in [0.5, 0.6) is 5.75 Å². The minimum absolute atomic E-state index is 0.00469. The largest absolute Gasteiger partial charge is 0.432 e. The first kappa shape index (κ1) is 32.7. The summed E-state index contributed by atoms with van der Waals surface area (Å²) in [5.41, 5.74) is -2.86. The Balaban J connectivity index is 1.55. The average molecular weight is 632 g/mol. The minimum atomic E-state index is -4.83. The van der Waals surface area contributed by atoms with Crippen LogP contribution >= 0.6 is 0 Å². The summed E-state index contributed by atoms with van der Waals surface area (Å²) in [6.45, 7) is 1.87. The van der Waals surface area contributed by atoms with Gasteiger partial charge in [0.2, 0.25) is 0 Å². The fraction of sp³-hybridized carbons (Fsp3) is 0.118. The first-order chi connectivity index (χ1) is 21.3. The van der Waals surface area contributed by atoms with Crippen LogP contribution in [0.25, 0.3) is 0 Å². The highest BCUT2D eigenvalue weighted by Gasteiger charge is 2.41. The van der Waals surface area contributed by atoms with E-state index in [-0.39, 0.29) is 23.3 Å². The number of halogens is 10. The van der Waals surface area contributed by atoms with Crippen LogP contribution in [0.4, 0.5) is 43.9 Å². The molecule has 0 spiro atoms. The maximum Gasteiger partial charge on any atom is 0.432 e. The molecule has 4 aromatic rings. The van der Waals surface area contributed by atoms with Crippen molar-refractivity contribution in [3.05, 3.63) is 147 Å². The number of hydrogen-bond donors (Lipinski definition) is 0. The maximum absolute atomic E-state index is 14.7. The number of benzene rings is 4. The topological polar surface area (TPSA) is 9.23 Å². The summed E-state index contributed by atoms with van der Waals surface area (Å²) in [6.07, 6.45) is 0.310. The molecular formula is C34H18F10O. The van der Waals surface area contributed by atoms with Crippen molar-refractivity contribution >= 4 is 0 Å². The summed E-state index contributed by atoms with van der Waals surface area (Å²) in [7, 11) is 0. The van der Waals surface area contributed by atoms with E-state index in [0.717, 1.165) is 24.1 Å². The van der Waals surface area contributed by atoms with Crippen LogP contribution in [0, 0.1) is 70.2 Å². The van der Waals surface area contributed by atoms with Gasteiger partial charge in [0.25, 0.3) is 0 Å². The number of allylic oxidation sites excluding steroid dienone is 2. The van der Waals surface area contributed by atoms with Gasteiger partial charge in [0.1, 0.15) is 40.4 Å². The standard InChI is InChI=1S/C34H18F10O/c1-2-3-4-5-19-6-9-22(25(35)12-19)10-7-20-13-26(36)24(27(37)14-20)11-8-21-15-28(38)32(29(39)16-21)34(43,44)45-23-17-30(40)33(42)31(41)18-23/h2-3,6,9,12-18H,4-5H2,1H3/b3-2+. The van der Waals surface area contributed by atoms with E-state index in [2.05, 4.69) is 22.5 Å². The summed E-state index contributed by atoms with van der Waals surface area (Å²) in [5.74, 6) is -4.90. The molecular weight excluding hydrogens is 614 g/mol. The molecule has 0 fully saturated rings. The molecule has 0 amide bonds. The number of aryl methyl sites for hydroxylation is 1. The molecule has 0 atom stereocenters. The van der Waals surface area contributed by atoms with Gasteiger partial charge >= 0.3 is 6.11 Å². The lowest BCUT2D eigenvalue weighted by molar-refractivity contribution is -0.189. The van der Waals surface area contributed by atoms with Crippen LogP contribution in [0.15, 0.2) is 66.7 Å². The van der Waals surface area contributed by atoms with E-state index in [1.807, 2.05) is 25.0 Å². The Hall–Kier alpha value is -5.16. The molecule has 0 bridgehead atoms. The van der Waals surface area contributed by atoms with Gasteiger partial charge in [-0.05, 0) is 61.7 Å². The van der Waals surface area contributed by atoms with Crippen molar-refractivity contribution < 1.29 is 48.6 Å². The van der Waals surface area contributed by atoms with Crippen LogP contribution < -0.4 is 4.74 Å². The van der Waals surface area contributed by atoms with E-state index >= 15 is 0 Å². The van der Waals surface area contributed by atoms with Crippen LogP contribution in [-0.4, -0.2) is 0 Å². The third-order valence-electron chi connectivity index (χ3n) is 6.12. The summed E-state index contributed by atoms with van der Waals surface area (Å²) >= 11 is 0. The zero-order valence-corrected chi connectivity index (χ0v) is 23.0. The van der Waals surface area contributed by atoms with E-state index in [1.165, 1.54) is 12.1 Å². The number of hydrogen-bond acceptors (Lipinski definition) is 1. The normalized spacial score (nSPS) is 11.2. The predicted molar refractivity (Wildman–Crippen MR) is 145 cm³/mol. The van der Waals surface area contributed by atoms with Crippen LogP contribution in [0.2, 0.25) is 0 Å². The van der Waals surface area contributed by atoms with Gasteiger partial charge < -0.3 is 4.74 Å². The van der Waals surface area contributed by atoms with Crippen molar-refractivity contribution in [3.8, 4) is 29.4 Å². The Labute approximate surface area is 250 Å². The molecule has 0 saturated carbocycles. The second-order valence-corrected chi connectivity index (χ2v) is 9.37. The third kappa shape index (κ3) is 7.87. The smallest absolute Gasteiger partial charge is 0.429 e. The van der Waals surface area contributed by atoms with E-state index in [1.54, 1.807) is 6.07 Å². The fourth-order valence-electron chi connectivity index (χ4n) is 3.98. The minimum Gasteiger partial charge on any atom is -0.429 e. The van der Waals surface area contributed by atoms with Crippen molar-refractivity contribution in [1.29, 1.82) is 0 Å². The van der Waals surface area contributed by atoms with Gasteiger partial charge in [-0.1, -0.05) is 41.9 Å². The Morgan fingerprint density at radius 3 is 1.76 bits per heavy atom. The quantitative estimate of drug-likeness (QED) is 0.0892. The summed E-state index contributed by atoms with van der Waals surface area (Å²) in [4.78, 5) is 0. The van der Waals surface area contributed by atoms with Crippen molar-refractivity contribution in [2.24, 2.45) is 0 Å². The molecule has 0 saturated heterocycles. The van der Waals surface area contributed by atoms with Crippen molar-refractivity contribution in [2.75, 3.05) is 0 Å². The summed E-state index contributed by atoms with van der Waals surface area (Å²) in [6, 6.07) is 6.74. The van der Waals surface area contributed by atoms with Gasteiger partial charge in [-0.3, -0.25) is 0 Å². The van der Waals surface area contributed by atoms with Gasteiger partial charge in [0.15, 0.2) is 17.5 Å². The Morgan fingerprint density at radius 1 is 0.644 bits per heavy atom. The second kappa shape index (κ2) is 13.6. The Kier molecular flexibility index (Phi) is 9.93. The highest BCUT2D eigenvalue weighted by molar-refractivity contribution is 5.50. The summed E-state index contributed by atoms with van der Waals surface area (Å²) < 4.78 is 146. The number of rotatable bonds is 6. The molecule has 0 aliphatic heterocycles. The first-order valence-corrected chi connectivity index (χ1v) is 12.9. The monoisotopic (exact) mass is 632 g/mol. The molecule has 4 aromatic carbocycles. The zero-order chi connectivity index (χ0) is 32.9. The molecule has 1 nitrogen and oxygen atoms in total. The first-order valence-electron chi connectivity index (χ1n) is 12.9. The second-order valence-electron chi connectivity index (χ2n) is 9.37. The molecule has 11 heteroatoms. The van der Waals surface area contributed by atoms with E-state index in [9.17, 15) is 43.9 Å². The summed E-state index contributed by atoms with van der Waals surface area (Å²) in [5, 5.41) is 0. The Bertz CT molecular complexity index is 1850. The van der Waals surface area contributed by atoms with Crippen LogP contribution in [0.3, 0.4) is 0 Å². The fourth-order valence-corrected chi connectivity index (χ4v) is 3.98. The lowest BCUT2D eigenvalue weighted by Gasteiger charge is -2.19. The van der Waals surface area contributed by atoms with Gasteiger partial charge in [0.05, 0.1) is 11.1 Å². The van der Waals surface area contributed by atoms with E-state index < -0.39 is 75.1 Å². The van der Waals surface area contributed by atoms with E-state index in [0.29, 0.717) is 18.6 Å². The van der Waals surface area contributed by atoms with Crippen molar-refractivity contribution in [2.45, 2.75) is 25.9 Å². The van der Waals surface area contributed by atoms with Gasteiger partial charge in [-0.2, -0.15) is 8.78 Å². The maximum atomic E-state index is 14.7. The molecule has 0 aliphatic carbocycles. The SMILES string of the molecule is C/C=C/CCc1ccc(C#Cc2cc(F)c(C#Cc3cc(F)c(C(F)(F)Oc4cc(F)c(F)c(F)c4)c(F)c3)c(F)c2)c(F)c1. The molecule has 0 radical (unpaired) electrons. The van der Waals surface area contributed by atoms with Crippen LogP contribution in [-0.2, 0) is 12.5 Å². The molecule has 0 aromatic heterocycles. The molecule has 0 N–H and O–H groups in total. The molecule has 0 unspecified atom stereocenters. The average Bonchev–Trinajstić information content (AvgIpc) is 2.94. The number of alkyl halides is 2. The predicted octanol–water partition coefficient (Wildman–Crippen LogP) is 9.24. The van der Waals surface area contributed by atoms with E-state index in [4.69, 9.17) is 0 Å². The molecule has 0 heterocycles. The van der Waals surface area contributed by atoms with Gasteiger partial charge in [-0.15, -0.1) is 0 Å². The molecule has 0 aliphatic rings. The highest BCUT2D eigenvalue weighted by atomic mass is 19.3. The molecule has 45 heavy (non-hydrogen) atoms. The van der Waals surface area contributed by atoms with Crippen molar-refractivity contribution in [1.82, 2.24) is 0 Å². The lowest BCUT2D eigenvalue weighted by Crippen LogP contribution is -2.25. The van der Waals surface area contributed by atoms with Gasteiger partial charge in [0, 0.05) is 23.3 Å². The zero-order valence-electron chi connectivity index (χ0n) is 23.0. The molecule has 230 valence electrons. The van der Waals surface area contributed by atoms with Crippen molar-refractivity contribution in [3.63, 3.8) is 0 Å². The number of ether oxygens (including phenoxy) is 1. The highest BCUT2D eigenvalue weighted by Crippen LogP contribution is 2.36. The van der Waals surface area contributed by atoms with Crippen LogP contribution in [0.1, 0.15) is 46.7 Å².